The quantitative estimate of drug-likeness (QED) is 0.455. The summed E-state index contributed by atoms with van der Waals surface area (Å²) in [6, 6.07) is -0.0886. The van der Waals surface area contributed by atoms with Crippen molar-refractivity contribution in [1.82, 2.24) is 14.7 Å². The summed E-state index contributed by atoms with van der Waals surface area (Å²) >= 11 is 2.23. The van der Waals surface area contributed by atoms with Crippen LogP contribution in [0.1, 0.15) is 66.1 Å². The van der Waals surface area contributed by atoms with Crippen LogP contribution in [0.25, 0.3) is 0 Å². The van der Waals surface area contributed by atoms with Gasteiger partial charge >= 0.3 is 0 Å². The van der Waals surface area contributed by atoms with Crippen molar-refractivity contribution < 1.29 is 8.98 Å². The van der Waals surface area contributed by atoms with Crippen molar-refractivity contribution in [3.8, 4) is 0 Å². The van der Waals surface area contributed by atoms with Gasteiger partial charge in [0.25, 0.3) is 0 Å². The molecule has 0 bridgehead atoms. The smallest absolute Gasteiger partial charge is 0.192 e. The summed E-state index contributed by atoms with van der Waals surface area (Å²) in [5.74, 6) is 0.342. The normalized spacial score (nSPS) is 23.6. The van der Waals surface area contributed by atoms with Crippen LogP contribution in [0.5, 0.6) is 0 Å². The van der Waals surface area contributed by atoms with Crippen LogP contribution in [0.15, 0.2) is 17.0 Å². The van der Waals surface area contributed by atoms with Gasteiger partial charge in [0.05, 0.1) is 24.1 Å². The van der Waals surface area contributed by atoms with Crippen LogP contribution in [-0.4, -0.2) is 33.7 Å². The minimum Gasteiger partial charge on any atom is -0.598 e. The Bertz CT molecular complexity index is 643. The Morgan fingerprint density at radius 3 is 2.30 bits per heavy atom. The number of hydrogen-bond donors (Lipinski definition) is 1. The number of aromatic nitrogens is 2. The first kappa shape index (κ1) is 23.3. The van der Waals surface area contributed by atoms with E-state index in [4.69, 9.17) is 4.43 Å². The van der Waals surface area contributed by atoms with E-state index in [-0.39, 0.29) is 21.9 Å². The van der Waals surface area contributed by atoms with E-state index < -0.39 is 19.7 Å². The first-order valence-corrected chi connectivity index (χ1v) is 14.4. The Hall–Kier alpha value is 0.00688. The highest BCUT2D eigenvalue weighted by Crippen LogP contribution is 2.45. The Kier molecular flexibility index (Phi) is 7.24. The molecule has 1 aromatic rings. The van der Waals surface area contributed by atoms with Crippen molar-refractivity contribution >= 4 is 35.6 Å². The molecule has 1 fully saturated rings. The van der Waals surface area contributed by atoms with E-state index in [0.717, 1.165) is 18.5 Å². The van der Waals surface area contributed by atoms with Crippen LogP contribution in [0.4, 0.5) is 0 Å². The highest BCUT2D eigenvalue weighted by atomic mass is 79.9. The molecule has 154 valence electrons. The lowest BCUT2D eigenvalue weighted by Crippen LogP contribution is -2.51. The molecule has 1 aliphatic carbocycles. The van der Waals surface area contributed by atoms with Gasteiger partial charge < -0.3 is 8.98 Å². The second-order valence-corrected chi connectivity index (χ2v) is 17.5. The number of halogens is 1. The van der Waals surface area contributed by atoms with Crippen molar-refractivity contribution in [2.75, 3.05) is 0 Å². The Balaban J connectivity index is 2.10. The second-order valence-electron chi connectivity index (χ2n) is 9.97. The third-order valence-electron chi connectivity index (χ3n) is 5.60. The summed E-state index contributed by atoms with van der Waals surface area (Å²) in [4.78, 5) is 8.83. The first-order valence-electron chi connectivity index (χ1n) is 9.54. The lowest BCUT2D eigenvalue weighted by atomic mass is 9.76. The second kappa shape index (κ2) is 8.40. The van der Waals surface area contributed by atoms with E-state index >= 15 is 0 Å². The number of rotatable bonds is 6. The molecule has 1 N–H and O–H groups in total. The molecule has 1 aliphatic rings. The molecule has 0 aliphatic heterocycles. The van der Waals surface area contributed by atoms with Crippen molar-refractivity contribution in [3.63, 3.8) is 0 Å². The minimum atomic E-state index is -1.77. The van der Waals surface area contributed by atoms with Crippen LogP contribution >= 0.6 is 15.9 Å². The summed E-state index contributed by atoms with van der Waals surface area (Å²) in [7, 11) is -1.77. The fourth-order valence-corrected chi connectivity index (χ4v) is 5.36. The Labute approximate surface area is 177 Å². The monoisotopic (exact) mass is 475 g/mol. The molecule has 0 unspecified atom stereocenters. The molecule has 1 saturated carbocycles. The van der Waals surface area contributed by atoms with Crippen molar-refractivity contribution in [3.05, 3.63) is 22.7 Å². The minimum absolute atomic E-state index is 0.0886. The number of hydrogen-bond acceptors (Lipinski definition) is 5. The maximum atomic E-state index is 12.7. The van der Waals surface area contributed by atoms with Crippen molar-refractivity contribution in [2.45, 2.75) is 89.4 Å². The fraction of sp³-hybridized carbons (Fsp3) is 0.789. The summed E-state index contributed by atoms with van der Waals surface area (Å²) in [5, 5.41) is 0.208. The fourth-order valence-electron chi connectivity index (χ4n) is 2.76. The van der Waals surface area contributed by atoms with Gasteiger partial charge in [-0.15, -0.1) is 4.72 Å². The molecule has 2 rings (SSSR count). The summed E-state index contributed by atoms with van der Waals surface area (Å²) in [6.07, 6.45) is 5.64. The summed E-state index contributed by atoms with van der Waals surface area (Å²) in [6.45, 7) is 17.3. The Morgan fingerprint density at radius 1 is 1.22 bits per heavy atom. The molecule has 1 aromatic heterocycles. The van der Waals surface area contributed by atoms with Gasteiger partial charge in [-0.25, -0.2) is 4.98 Å². The van der Waals surface area contributed by atoms with E-state index in [2.05, 4.69) is 64.5 Å². The van der Waals surface area contributed by atoms with Crippen LogP contribution in [0, 0.1) is 5.92 Å². The van der Waals surface area contributed by atoms with Crippen LogP contribution in [0.2, 0.25) is 18.1 Å². The maximum Gasteiger partial charge on any atom is 0.192 e. The average Bonchev–Trinajstić information content (AvgIpc) is 2.46. The van der Waals surface area contributed by atoms with Crippen LogP contribution in [-0.2, 0) is 15.8 Å². The lowest BCUT2D eigenvalue weighted by molar-refractivity contribution is 0.0364. The highest BCUT2D eigenvalue weighted by molar-refractivity contribution is 9.10. The molecule has 0 spiro atoms. The summed E-state index contributed by atoms with van der Waals surface area (Å²) in [5.41, 5.74) is 0.831. The van der Waals surface area contributed by atoms with E-state index in [0.29, 0.717) is 10.5 Å². The third-order valence-corrected chi connectivity index (χ3v) is 12.1. The standard InChI is InChI=1S/C19H34BrN3O2SSi/c1-18(2,3)26(24)23-17(15-11-21-12-16(20)22-15)13-9-14(10-13)25-27(7,8)19(4,5)6/h11-14,17,23H,9-10H2,1-8H3/t13?,14?,17-,26+/m0/s1. The topological polar surface area (TPSA) is 70.1 Å². The first-order chi connectivity index (χ1) is 12.2. The van der Waals surface area contributed by atoms with E-state index in [1.807, 2.05) is 20.8 Å². The average molecular weight is 477 g/mol. The predicted molar refractivity (Wildman–Crippen MR) is 118 cm³/mol. The molecule has 0 saturated heterocycles. The van der Waals surface area contributed by atoms with Gasteiger partial charge in [0.2, 0.25) is 0 Å². The lowest BCUT2D eigenvalue weighted by Gasteiger charge is -2.46. The van der Waals surface area contributed by atoms with Gasteiger partial charge in [-0.05, 0) is 73.6 Å². The molecule has 2 atom stereocenters. The molecule has 0 radical (unpaired) electrons. The molecule has 5 nitrogen and oxygen atoms in total. The molecular weight excluding hydrogens is 442 g/mol. The van der Waals surface area contributed by atoms with Gasteiger partial charge in [-0.3, -0.25) is 4.98 Å². The predicted octanol–water partition coefficient (Wildman–Crippen LogP) is 5.13. The third kappa shape index (κ3) is 5.99. The van der Waals surface area contributed by atoms with Gasteiger partial charge in [-0.2, -0.15) is 0 Å². The zero-order valence-corrected chi connectivity index (χ0v) is 21.2. The zero-order valence-electron chi connectivity index (χ0n) is 17.8. The molecule has 27 heavy (non-hydrogen) atoms. The van der Waals surface area contributed by atoms with Crippen LogP contribution < -0.4 is 4.72 Å². The SMILES string of the molecule is CC(C)(C)[S@@+]([O-])N[C@H](c1cncc(Br)n1)C1CC(O[Si](C)(C)C(C)(C)C)C1. The van der Waals surface area contributed by atoms with Gasteiger partial charge in [-0.1, -0.05) is 20.8 Å². The zero-order chi connectivity index (χ0) is 20.6. The van der Waals surface area contributed by atoms with Crippen LogP contribution in [0.3, 0.4) is 0 Å². The van der Waals surface area contributed by atoms with E-state index in [1.165, 1.54) is 0 Å². The van der Waals surface area contributed by atoms with Gasteiger partial charge in [0, 0.05) is 17.5 Å². The largest absolute Gasteiger partial charge is 0.598 e. The molecule has 0 aromatic carbocycles. The van der Waals surface area contributed by atoms with Crippen molar-refractivity contribution in [1.29, 1.82) is 0 Å². The highest BCUT2D eigenvalue weighted by Gasteiger charge is 2.46. The molecule has 1 heterocycles. The Morgan fingerprint density at radius 2 is 1.81 bits per heavy atom. The molecule has 8 heteroatoms. The molecular formula is C19H34BrN3O2SSi. The van der Waals surface area contributed by atoms with E-state index in [9.17, 15) is 4.55 Å². The molecule has 0 amide bonds. The number of nitrogens with one attached hydrogen (secondary N) is 1. The van der Waals surface area contributed by atoms with Gasteiger partial charge in [0.1, 0.15) is 9.35 Å². The maximum absolute atomic E-state index is 12.7. The number of nitrogens with zero attached hydrogens (tertiary/aromatic N) is 2. The summed E-state index contributed by atoms with van der Waals surface area (Å²) < 4.78 is 23.0. The van der Waals surface area contributed by atoms with Crippen molar-refractivity contribution in [2.24, 2.45) is 5.92 Å². The van der Waals surface area contributed by atoms with E-state index in [1.54, 1.807) is 12.4 Å². The van der Waals surface area contributed by atoms with Gasteiger partial charge in [0.15, 0.2) is 8.32 Å².